The van der Waals surface area contributed by atoms with Crippen LogP contribution in [0.3, 0.4) is 0 Å². The fourth-order valence-corrected chi connectivity index (χ4v) is 3.38. The maximum atomic E-state index is 12.1. The Morgan fingerprint density at radius 2 is 1.42 bits per heavy atom. The number of aliphatic hydroxyl groups is 1. The summed E-state index contributed by atoms with van der Waals surface area (Å²) in [5.41, 5.74) is 0. The Labute approximate surface area is 199 Å². The van der Waals surface area contributed by atoms with E-state index in [1.165, 1.54) is 51.4 Å². The number of carbonyl (C=O) groups is 3. The highest BCUT2D eigenvalue weighted by molar-refractivity contribution is 5.90. The van der Waals surface area contributed by atoms with Gasteiger partial charge in [0.05, 0.1) is 6.04 Å². The highest BCUT2D eigenvalue weighted by atomic mass is 16.5. The van der Waals surface area contributed by atoms with Crippen molar-refractivity contribution in [3.05, 3.63) is 24.3 Å². The highest BCUT2D eigenvalue weighted by Crippen LogP contribution is 2.10. The second kappa shape index (κ2) is 23.0. The van der Waals surface area contributed by atoms with Crippen LogP contribution in [0, 0.1) is 0 Å². The summed E-state index contributed by atoms with van der Waals surface area (Å²) in [5, 5.41) is 20.4. The van der Waals surface area contributed by atoms with E-state index in [1.54, 1.807) is 0 Å². The van der Waals surface area contributed by atoms with E-state index in [2.05, 4.69) is 24.4 Å². The predicted molar refractivity (Wildman–Crippen MR) is 131 cm³/mol. The highest BCUT2D eigenvalue weighted by Gasteiger charge is 2.13. The fourth-order valence-electron chi connectivity index (χ4n) is 3.38. The molecule has 3 N–H and O–H groups in total. The Bertz CT molecular complexity index is 573. The lowest BCUT2D eigenvalue weighted by molar-refractivity contribution is -0.140. The quantitative estimate of drug-likeness (QED) is 0.0886. The van der Waals surface area contributed by atoms with E-state index in [1.807, 2.05) is 0 Å². The average Bonchev–Trinajstić information content (AvgIpc) is 2.78. The van der Waals surface area contributed by atoms with Gasteiger partial charge in [-0.15, -0.1) is 0 Å². The molecule has 1 unspecified atom stereocenters. The molecule has 0 aromatic carbocycles. The molecule has 190 valence electrons. The maximum Gasteiger partial charge on any atom is 0.331 e. The molecule has 0 saturated heterocycles. The van der Waals surface area contributed by atoms with Gasteiger partial charge in [0.2, 0.25) is 5.91 Å². The largest absolute Gasteiger partial charge is 0.478 e. The molecule has 0 fully saturated rings. The molecule has 0 saturated carbocycles. The standard InChI is InChI=1S/C26H45NO6/c1-2-3-4-5-6-7-8-9-10-11-12-13-14-15-16-17-24(29)27-23(20-21-28)22-33-26(32)19-18-25(30)31/h9-10,18-19,23,28H,2-8,11-17,20-22H2,1H3,(H,27,29)(H,30,31). The van der Waals surface area contributed by atoms with Crippen LogP contribution < -0.4 is 5.32 Å². The number of hydrogen-bond donors (Lipinski definition) is 3. The molecule has 7 nitrogen and oxygen atoms in total. The molecule has 0 bridgehead atoms. The van der Waals surface area contributed by atoms with Crippen molar-refractivity contribution in [3.63, 3.8) is 0 Å². The number of ether oxygens (including phenoxy) is 1. The summed E-state index contributed by atoms with van der Waals surface area (Å²) in [6.45, 7) is 1.98. The van der Waals surface area contributed by atoms with Crippen molar-refractivity contribution >= 4 is 17.8 Å². The lowest BCUT2D eigenvalue weighted by Gasteiger charge is -2.17. The zero-order valence-corrected chi connectivity index (χ0v) is 20.4. The van der Waals surface area contributed by atoms with Crippen LogP contribution in [0.15, 0.2) is 24.3 Å². The van der Waals surface area contributed by atoms with E-state index in [0.29, 0.717) is 12.5 Å². The molecule has 0 aliphatic carbocycles. The first-order valence-electron chi connectivity index (χ1n) is 12.6. The fraction of sp³-hybridized carbons (Fsp3) is 0.731. The zero-order chi connectivity index (χ0) is 24.6. The topological polar surface area (TPSA) is 113 Å². The number of rotatable bonds is 22. The van der Waals surface area contributed by atoms with Crippen molar-refractivity contribution in [2.24, 2.45) is 0 Å². The number of amides is 1. The third-order valence-corrected chi connectivity index (χ3v) is 5.30. The monoisotopic (exact) mass is 467 g/mol. The molecule has 0 spiro atoms. The average molecular weight is 468 g/mol. The van der Waals surface area contributed by atoms with Crippen LogP contribution in [0.25, 0.3) is 0 Å². The third-order valence-electron chi connectivity index (χ3n) is 5.30. The minimum absolute atomic E-state index is 0.110. The zero-order valence-electron chi connectivity index (χ0n) is 20.4. The van der Waals surface area contributed by atoms with E-state index in [9.17, 15) is 14.4 Å². The number of aliphatic carboxylic acids is 1. The number of nitrogens with one attached hydrogen (secondary N) is 1. The van der Waals surface area contributed by atoms with Crippen LogP contribution in [0.5, 0.6) is 0 Å². The first kappa shape index (κ1) is 30.9. The van der Waals surface area contributed by atoms with Gasteiger partial charge in [-0.05, 0) is 38.5 Å². The van der Waals surface area contributed by atoms with Gasteiger partial charge in [-0.2, -0.15) is 0 Å². The summed E-state index contributed by atoms with van der Waals surface area (Å²) >= 11 is 0. The molecule has 1 amide bonds. The number of carboxylic acid groups (broad SMARTS) is 1. The Morgan fingerprint density at radius 1 is 0.848 bits per heavy atom. The molecule has 0 aromatic rings. The SMILES string of the molecule is CCCCCCCCC=CCCCCCCCC(=O)NC(CCO)COC(=O)C=CC(=O)O. The maximum absolute atomic E-state index is 12.1. The molecule has 7 heteroatoms. The number of carbonyl (C=O) groups excluding carboxylic acids is 2. The van der Waals surface area contributed by atoms with Gasteiger partial charge in [-0.25, -0.2) is 9.59 Å². The molecule has 0 heterocycles. The Hall–Kier alpha value is -2.15. The molecule has 1 atom stereocenters. The molecule has 0 rings (SSSR count). The van der Waals surface area contributed by atoms with Crippen LogP contribution in [-0.2, 0) is 19.1 Å². The molecular weight excluding hydrogens is 422 g/mol. The number of allylic oxidation sites excluding steroid dienone is 2. The minimum atomic E-state index is -1.24. The van der Waals surface area contributed by atoms with E-state index >= 15 is 0 Å². The Balaban J connectivity index is 3.72. The van der Waals surface area contributed by atoms with E-state index in [4.69, 9.17) is 14.9 Å². The van der Waals surface area contributed by atoms with Gasteiger partial charge in [0, 0.05) is 25.2 Å². The van der Waals surface area contributed by atoms with Crippen LogP contribution in [-0.4, -0.2) is 47.3 Å². The number of aliphatic hydroxyl groups excluding tert-OH is 1. The summed E-state index contributed by atoms with van der Waals surface area (Å²) < 4.78 is 4.92. The van der Waals surface area contributed by atoms with Crippen molar-refractivity contribution in [1.29, 1.82) is 0 Å². The second-order valence-electron chi connectivity index (χ2n) is 8.41. The van der Waals surface area contributed by atoms with E-state index in [0.717, 1.165) is 38.2 Å². The Kier molecular flexibility index (Phi) is 21.5. The second-order valence-corrected chi connectivity index (χ2v) is 8.41. The summed E-state index contributed by atoms with van der Waals surface area (Å²) in [5.74, 6) is -2.18. The molecule has 0 radical (unpaired) electrons. The van der Waals surface area contributed by atoms with Gasteiger partial charge in [0.1, 0.15) is 6.61 Å². The molecule has 0 aromatic heterocycles. The van der Waals surface area contributed by atoms with Crippen molar-refractivity contribution in [1.82, 2.24) is 5.32 Å². The lowest BCUT2D eigenvalue weighted by Crippen LogP contribution is -2.39. The number of hydrogen-bond acceptors (Lipinski definition) is 5. The summed E-state index contributed by atoms with van der Waals surface area (Å²) in [4.78, 5) is 33.9. The van der Waals surface area contributed by atoms with Gasteiger partial charge in [0.25, 0.3) is 0 Å². The minimum Gasteiger partial charge on any atom is -0.478 e. The summed E-state index contributed by atoms with van der Waals surface area (Å²) in [6.07, 6.45) is 22.3. The van der Waals surface area contributed by atoms with Crippen molar-refractivity contribution in [3.8, 4) is 0 Å². The van der Waals surface area contributed by atoms with Gasteiger partial charge in [-0.1, -0.05) is 70.4 Å². The van der Waals surface area contributed by atoms with Crippen molar-refractivity contribution < 1.29 is 29.3 Å². The predicted octanol–water partition coefficient (Wildman–Crippen LogP) is 5.08. The third kappa shape index (κ3) is 22.8. The van der Waals surface area contributed by atoms with Gasteiger partial charge in [0.15, 0.2) is 0 Å². The van der Waals surface area contributed by atoms with Crippen LogP contribution in [0.1, 0.15) is 103 Å². The number of esters is 1. The van der Waals surface area contributed by atoms with Crippen molar-refractivity contribution in [2.75, 3.05) is 13.2 Å². The van der Waals surface area contributed by atoms with Crippen LogP contribution >= 0.6 is 0 Å². The Morgan fingerprint density at radius 3 is 2.00 bits per heavy atom. The molecule has 33 heavy (non-hydrogen) atoms. The van der Waals surface area contributed by atoms with Crippen LogP contribution in [0.4, 0.5) is 0 Å². The van der Waals surface area contributed by atoms with Gasteiger partial charge in [-0.3, -0.25) is 4.79 Å². The van der Waals surface area contributed by atoms with Gasteiger partial charge < -0.3 is 20.3 Å². The van der Waals surface area contributed by atoms with Crippen molar-refractivity contribution in [2.45, 2.75) is 109 Å². The van der Waals surface area contributed by atoms with E-state index < -0.39 is 18.0 Å². The molecule has 0 aliphatic heterocycles. The lowest BCUT2D eigenvalue weighted by atomic mass is 10.1. The molecule has 0 aliphatic rings. The number of carboxylic acids is 1. The van der Waals surface area contributed by atoms with Crippen LogP contribution in [0.2, 0.25) is 0 Å². The first-order chi connectivity index (χ1) is 16.0. The van der Waals surface area contributed by atoms with Gasteiger partial charge >= 0.3 is 11.9 Å². The van der Waals surface area contributed by atoms with E-state index in [-0.39, 0.29) is 25.5 Å². The number of unbranched alkanes of at least 4 members (excludes halogenated alkanes) is 11. The summed E-state index contributed by atoms with van der Waals surface area (Å²) in [7, 11) is 0. The molecular formula is C26H45NO6. The first-order valence-corrected chi connectivity index (χ1v) is 12.6. The normalized spacial score (nSPS) is 12.3. The smallest absolute Gasteiger partial charge is 0.331 e. The summed E-state index contributed by atoms with van der Waals surface area (Å²) in [6, 6.07) is -0.493.